The molecule has 0 atom stereocenters. The average molecular weight is 192 g/mol. The summed E-state index contributed by atoms with van der Waals surface area (Å²) in [7, 11) is 0. The number of hydrogen-bond donors (Lipinski definition) is 1. The lowest BCUT2D eigenvalue weighted by molar-refractivity contribution is -0.118. The van der Waals surface area contributed by atoms with Crippen LogP contribution in [0.5, 0.6) is 0 Å². The second-order valence-corrected chi connectivity index (χ2v) is 3.90. The third kappa shape index (κ3) is 1.72. The monoisotopic (exact) mass is 192 g/mol. The first-order valence-corrected chi connectivity index (χ1v) is 5.38. The third-order valence-electron chi connectivity index (χ3n) is 2.90. The van der Waals surface area contributed by atoms with Crippen molar-refractivity contribution in [2.24, 2.45) is 0 Å². The summed E-state index contributed by atoms with van der Waals surface area (Å²) < 4.78 is 0. The van der Waals surface area contributed by atoms with Crippen LogP contribution in [-0.2, 0) is 24.1 Å². The summed E-state index contributed by atoms with van der Waals surface area (Å²) in [6.07, 6.45) is 5.81. The van der Waals surface area contributed by atoms with Crippen molar-refractivity contribution in [3.8, 4) is 0 Å². The number of aromatic nitrogens is 2. The van der Waals surface area contributed by atoms with E-state index < -0.39 is 0 Å². The van der Waals surface area contributed by atoms with Crippen LogP contribution in [0.1, 0.15) is 43.1 Å². The SMILES string of the molecule is CCC(=O)Cc1n[nH]c2c1CCCC2. The van der Waals surface area contributed by atoms with Crippen molar-refractivity contribution in [1.29, 1.82) is 0 Å². The van der Waals surface area contributed by atoms with E-state index in [1.807, 2.05) is 6.92 Å². The molecule has 0 amide bonds. The van der Waals surface area contributed by atoms with Gasteiger partial charge in [-0.05, 0) is 31.2 Å². The zero-order chi connectivity index (χ0) is 9.97. The Hall–Kier alpha value is -1.12. The molecule has 76 valence electrons. The van der Waals surface area contributed by atoms with E-state index in [1.54, 1.807) is 0 Å². The molecule has 0 radical (unpaired) electrons. The van der Waals surface area contributed by atoms with Gasteiger partial charge in [0.05, 0.1) is 12.1 Å². The van der Waals surface area contributed by atoms with E-state index in [2.05, 4.69) is 10.2 Å². The molecule has 0 aromatic carbocycles. The van der Waals surface area contributed by atoms with Crippen LogP contribution in [0.15, 0.2) is 0 Å². The topological polar surface area (TPSA) is 45.8 Å². The number of carbonyl (C=O) groups is 1. The summed E-state index contributed by atoms with van der Waals surface area (Å²) in [4.78, 5) is 11.3. The Morgan fingerprint density at radius 3 is 3.00 bits per heavy atom. The highest BCUT2D eigenvalue weighted by Gasteiger charge is 2.17. The van der Waals surface area contributed by atoms with Gasteiger partial charge >= 0.3 is 0 Å². The minimum absolute atomic E-state index is 0.282. The maximum absolute atomic E-state index is 11.3. The Morgan fingerprint density at radius 1 is 1.43 bits per heavy atom. The molecule has 0 saturated carbocycles. The number of rotatable bonds is 3. The van der Waals surface area contributed by atoms with Crippen LogP contribution < -0.4 is 0 Å². The number of carbonyl (C=O) groups excluding carboxylic acids is 1. The van der Waals surface area contributed by atoms with Crippen molar-refractivity contribution in [2.45, 2.75) is 45.4 Å². The predicted molar refractivity (Wildman–Crippen MR) is 54.2 cm³/mol. The molecule has 0 saturated heterocycles. The fraction of sp³-hybridized carbons (Fsp3) is 0.636. The predicted octanol–water partition coefficient (Wildman–Crippen LogP) is 1.81. The van der Waals surface area contributed by atoms with Gasteiger partial charge in [0.2, 0.25) is 0 Å². The largest absolute Gasteiger partial charge is 0.299 e. The van der Waals surface area contributed by atoms with Gasteiger partial charge in [-0.3, -0.25) is 9.89 Å². The van der Waals surface area contributed by atoms with E-state index in [1.165, 1.54) is 24.1 Å². The smallest absolute Gasteiger partial charge is 0.138 e. The number of nitrogens with one attached hydrogen (secondary N) is 1. The molecule has 0 bridgehead atoms. The molecule has 1 N–H and O–H groups in total. The van der Waals surface area contributed by atoms with Crippen LogP contribution in [0, 0.1) is 0 Å². The minimum atomic E-state index is 0.282. The fourth-order valence-corrected chi connectivity index (χ4v) is 2.01. The molecule has 1 aliphatic carbocycles. The molecule has 0 spiro atoms. The van der Waals surface area contributed by atoms with Gasteiger partial charge in [0.25, 0.3) is 0 Å². The lowest BCUT2D eigenvalue weighted by Crippen LogP contribution is -2.06. The fourth-order valence-electron chi connectivity index (χ4n) is 2.01. The Kier molecular flexibility index (Phi) is 2.66. The van der Waals surface area contributed by atoms with Crippen molar-refractivity contribution >= 4 is 5.78 Å². The number of Topliss-reactive ketones (excluding diaryl/α,β-unsaturated/α-hetero) is 1. The van der Waals surface area contributed by atoms with Crippen LogP contribution in [0.3, 0.4) is 0 Å². The average Bonchev–Trinajstić information content (AvgIpc) is 2.62. The molecule has 1 heterocycles. The molecular weight excluding hydrogens is 176 g/mol. The van der Waals surface area contributed by atoms with E-state index >= 15 is 0 Å². The maximum atomic E-state index is 11.3. The van der Waals surface area contributed by atoms with E-state index in [0.717, 1.165) is 18.5 Å². The lowest BCUT2D eigenvalue weighted by Gasteiger charge is -2.10. The number of nitrogens with zero attached hydrogens (tertiary/aromatic N) is 1. The lowest BCUT2D eigenvalue weighted by atomic mass is 9.94. The number of hydrogen-bond acceptors (Lipinski definition) is 2. The molecule has 1 aliphatic rings. The normalized spacial score (nSPS) is 15.2. The van der Waals surface area contributed by atoms with Gasteiger partial charge in [-0.25, -0.2) is 0 Å². The van der Waals surface area contributed by atoms with Crippen LogP contribution in [-0.4, -0.2) is 16.0 Å². The number of H-pyrrole nitrogens is 1. The van der Waals surface area contributed by atoms with E-state index in [-0.39, 0.29) is 5.78 Å². The first-order chi connectivity index (χ1) is 6.81. The summed E-state index contributed by atoms with van der Waals surface area (Å²) >= 11 is 0. The number of ketones is 1. The standard InChI is InChI=1S/C11H16N2O/c1-2-8(14)7-11-9-5-3-4-6-10(9)12-13-11/h2-7H2,1H3,(H,12,13). The van der Waals surface area contributed by atoms with Gasteiger partial charge in [-0.1, -0.05) is 6.92 Å². The zero-order valence-corrected chi connectivity index (χ0v) is 8.60. The molecule has 1 aromatic rings. The van der Waals surface area contributed by atoms with Crippen LogP contribution in [0.4, 0.5) is 0 Å². The maximum Gasteiger partial charge on any atom is 0.138 e. The van der Waals surface area contributed by atoms with E-state index in [9.17, 15) is 4.79 Å². The van der Waals surface area contributed by atoms with Gasteiger partial charge in [0.15, 0.2) is 0 Å². The third-order valence-corrected chi connectivity index (χ3v) is 2.90. The van der Waals surface area contributed by atoms with Crippen molar-refractivity contribution < 1.29 is 4.79 Å². The molecular formula is C11H16N2O. The summed E-state index contributed by atoms with van der Waals surface area (Å²) in [5, 5.41) is 7.29. The second-order valence-electron chi connectivity index (χ2n) is 3.90. The summed E-state index contributed by atoms with van der Waals surface area (Å²) in [5.41, 5.74) is 3.57. The van der Waals surface area contributed by atoms with Gasteiger partial charge in [0, 0.05) is 12.1 Å². The molecule has 1 aromatic heterocycles. The van der Waals surface area contributed by atoms with Crippen molar-refractivity contribution in [1.82, 2.24) is 10.2 Å². The number of aryl methyl sites for hydroxylation is 1. The first kappa shape index (κ1) is 9.44. The molecule has 0 aliphatic heterocycles. The van der Waals surface area contributed by atoms with Gasteiger partial charge in [-0.15, -0.1) is 0 Å². The van der Waals surface area contributed by atoms with Crippen molar-refractivity contribution in [3.05, 3.63) is 17.0 Å². The quantitative estimate of drug-likeness (QED) is 0.793. The highest BCUT2D eigenvalue weighted by Crippen LogP contribution is 2.22. The van der Waals surface area contributed by atoms with Crippen LogP contribution in [0.2, 0.25) is 0 Å². The van der Waals surface area contributed by atoms with E-state index in [4.69, 9.17) is 0 Å². The highest BCUT2D eigenvalue weighted by atomic mass is 16.1. The Labute approximate surface area is 83.9 Å². The molecule has 0 unspecified atom stereocenters. The highest BCUT2D eigenvalue weighted by molar-refractivity contribution is 5.80. The van der Waals surface area contributed by atoms with Crippen LogP contribution in [0.25, 0.3) is 0 Å². The summed E-state index contributed by atoms with van der Waals surface area (Å²) in [6, 6.07) is 0. The number of fused-ring (bicyclic) bond motifs is 1. The Balaban J connectivity index is 2.18. The molecule has 14 heavy (non-hydrogen) atoms. The zero-order valence-electron chi connectivity index (χ0n) is 8.60. The molecule has 0 fully saturated rings. The van der Waals surface area contributed by atoms with Gasteiger partial charge in [0.1, 0.15) is 5.78 Å². The molecule has 2 rings (SSSR count). The van der Waals surface area contributed by atoms with Crippen LogP contribution >= 0.6 is 0 Å². The van der Waals surface area contributed by atoms with Gasteiger partial charge in [-0.2, -0.15) is 5.10 Å². The summed E-state index contributed by atoms with van der Waals surface area (Å²) in [6.45, 7) is 1.90. The molecule has 3 heteroatoms. The molecule has 3 nitrogen and oxygen atoms in total. The summed E-state index contributed by atoms with van der Waals surface area (Å²) in [5.74, 6) is 0.282. The minimum Gasteiger partial charge on any atom is -0.299 e. The van der Waals surface area contributed by atoms with Crippen molar-refractivity contribution in [3.63, 3.8) is 0 Å². The Morgan fingerprint density at radius 2 is 2.21 bits per heavy atom. The first-order valence-electron chi connectivity index (χ1n) is 5.38. The van der Waals surface area contributed by atoms with E-state index in [0.29, 0.717) is 12.8 Å². The van der Waals surface area contributed by atoms with Gasteiger partial charge < -0.3 is 0 Å². The second kappa shape index (κ2) is 3.95. The number of aromatic amines is 1. The Bertz CT molecular complexity index is 341. The van der Waals surface area contributed by atoms with Crippen molar-refractivity contribution in [2.75, 3.05) is 0 Å².